The van der Waals surface area contributed by atoms with E-state index in [2.05, 4.69) is 57.6 Å². The van der Waals surface area contributed by atoms with Crippen LogP contribution in [-0.4, -0.2) is 261 Å². The summed E-state index contributed by atoms with van der Waals surface area (Å²) in [5.74, 6) is -8.07. The monoisotopic (exact) mass is 1590 g/mol. The number of ether oxygens (including phenoxy) is 2. The van der Waals surface area contributed by atoms with E-state index in [4.69, 9.17) is 124 Å². The molecule has 0 saturated carbocycles. The van der Waals surface area contributed by atoms with Gasteiger partial charge in [0.05, 0.1) is 38.7 Å². The maximum absolute atomic E-state index is 11.8. The molecule has 36 N–H and O–H groups in total. The van der Waals surface area contributed by atoms with Gasteiger partial charge in [-0.25, -0.2) is 57.3 Å². The lowest BCUT2D eigenvalue weighted by molar-refractivity contribution is -0.144. The van der Waals surface area contributed by atoms with Crippen LogP contribution in [0.1, 0.15) is 51.0 Å². The Hall–Kier alpha value is -7.16. The summed E-state index contributed by atoms with van der Waals surface area (Å²) in [6, 6.07) is -4.49. The largest absolute Gasteiger partial charge is 0.490 e. The highest BCUT2D eigenvalue weighted by Gasteiger charge is 2.48. The van der Waals surface area contributed by atoms with E-state index in [0.717, 1.165) is 6.33 Å². The summed E-state index contributed by atoms with van der Waals surface area (Å²) < 4.78 is 95.9. The van der Waals surface area contributed by atoms with Crippen molar-refractivity contribution < 1.29 is 197 Å². The van der Waals surface area contributed by atoms with Gasteiger partial charge in [0.1, 0.15) is 84.5 Å². The molecule has 2 fully saturated rings. The number of amides is 2. The van der Waals surface area contributed by atoms with E-state index >= 15 is 0 Å². The molecule has 0 bridgehead atoms. The van der Waals surface area contributed by atoms with Crippen molar-refractivity contribution in [2.45, 2.75) is 112 Å². The number of carbonyl (C=O) groups is 8. The number of primary amides is 2. The molecule has 2 amide bonds. The lowest BCUT2D eigenvalue weighted by Gasteiger charge is -2.19. The van der Waals surface area contributed by atoms with Crippen molar-refractivity contribution in [3.05, 3.63) is 25.3 Å². The van der Waals surface area contributed by atoms with Crippen molar-refractivity contribution in [2.75, 3.05) is 24.7 Å². The van der Waals surface area contributed by atoms with Crippen molar-refractivity contribution in [1.29, 1.82) is 0 Å². The van der Waals surface area contributed by atoms with E-state index in [0.29, 0.717) is 5.52 Å². The van der Waals surface area contributed by atoms with Crippen molar-refractivity contribution in [1.82, 2.24) is 39.0 Å². The number of aliphatic hydroxyl groups is 4. The molecule has 4 aromatic heterocycles. The van der Waals surface area contributed by atoms with E-state index < -0.39 is 187 Å². The van der Waals surface area contributed by atoms with E-state index in [1.807, 2.05) is 0 Å². The molecule has 2 aliphatic rings. The van der Waals surface area contributed by atoms with Crippen molar-refractivity contribution in [3.63, 3.8) is 0 Å². The number of phosphoric ester groups is 2. The first-order valence-corrected chi connectivity index (χ1v) is 35.1. The molecule has 2 unspecified atom stereocenters. The number of carboxylic acids is 6. The molecule has 0 aliphatic carbocycles. The molecule has 63 heteroatoms. The fourth-order valence-electron chi connectivity index (χ4n) is 6.49. The minimum absolute atomic E-state index is 0.0213. The fourth-order valence-corrected chi connectivity index (χ4v) is 11.0. The Bertz CT molecular complexity index is 3670. The third-order valence-electron chi connectivity index (χ3n) is 10.9. The van der Waals surface area contributed by atoms with Crippen LogP contribution in [0.3, 0.4) is 0 Å². The van der Waals surface area contributed by atoms with Crippen LogP contribution in [0.5, 0.6) is 0 Å². The molecule has 0 radical (unpaired) electrons. The molecule has 576 valence electrons. The number of anilines is 2. The van der Waals surface area contributed by atoms with Gasteiger partial charge in [0, 0.05) is 12.8 Å². The third-order valence-corrected chi connectivity index (χ3v) is 16.9. The summed E-state index contributed by atoms with van der Waals surface area (Å²) in [5.41, 5.74) is 41.5. The predicted octanol–water partition coefficient (Wildman–Crippen LogP) is -9.23. The molecule has 101 heavy (non-hydrogen) atoms. The van der Waals surface area contributed by atoms with Gasteiger partial charge in [0.2, 0.25) is 11.8 Å². The van der Waals surface area contributed by atoms with Crippen LogP contribution in [0.4, 0.5) is 11.6 Å². The Morgan fingerprint density at radius 3 is 1.09 bits per heavy atom. The van der Waals surface area contributed by atoms with Gasteiger partial charge in [-0.15, -0.1) is 0 Å². The Balaban J connectivity index is 0.00000125. The number of nitrogens with zero attached hydrogens (tertiary/aromatic N) is 8. The summed E-state index contributed by atoms with van der Waals surface area (Å²) in [6.45, 7) is -1.55. The number of carbonyl (C=O) groups excluding carboxylic acids is 2. The Morgan fingerprint density at radius 1 is 0.446 bits per heavy atom. The molecule has 57 nitrogen and oxygen atoms in total. The van der Waals surface area contributed by atoms with Crippen LogP contribution >= 0.6 is 46.9 Å². The Kier molecular flexibility index (Phi) is 38.3. The molecule has 2 aliphatic heterocycles. The molecule has 2 saturated heterocycles. The highest BCUT2D eigenvalue weighted by Crippen LogP contribution is 2.66. The number of hydrogen-bond acceptors (Lipinski definition) is 37. The van der Waals surface area contributed by atoms with Crippen LogP contribution in [0, 0.1) is 0 Å². The number of nitrogen functional groups attached to an aromatic ring is 2. The topological polar surface area (TPSA) is 1000 Å². The zero-order valence-corrected chi connectivity index (χ0v) is 55.7. The number of aliphatic hydroxyl groups excluding tert-OH is 4. The van der Waals surface area contributed by atoms with Gasteiger partial charge in [-0.3, -0.25) is 56.5 Å². The van der Waals surface area contributed by atoms with Crippen LogP contribution in [0.25, 0.3) is 22.3 Å². The van der Waals surface area contributed by atoms with Gasteiger partial charge < -0.3 is 155 Å². The maximum atomic E-state index is 11.8. The molecular formula is C38H68N16O41P6. The molecule has 14 atom stereocenters. The first kappa shape index (κ1) is 93.8. The lowest BCUT2D eigenvalue weighted by atomic mass is 10.1. The van der Waals surface area contributed by atoms with Gasteiger partial charge in [-0.1, -0.05) is 0 Å². The van der Waals surface area contributed by atoms with Crippen LogP contribution in [0.15, 0.2) is 25.3 Å². The van der Waals surface area contributed by atoms with E-state index in [1.54, 1.807) is 0 Å². The van der Waals surface area contributed by atoms with E-state index in [9.17, 15) is 91.1 Å². The number of aliphatic carboxylic acids is 6. The number of rotatable bonds is 28. The summed E-state index contributed by atoms with van der Waals surface area (Å²) in [4.78, 5) is 187. The van der Waals surface area contributed by atoms with Gasteiger partial charge >= 0.3 is 82.8 Å². The minimum atomic E-state index is -5.70. The maximum Gasteiger partial charge on any atom is 0.490 e. The van der Waals surface area contributed by atoms with Crippen LogP contribution in [-0.2, 0) is 97.2 Å². The predicted molar refractivity (Wildman–Crippen MR) is 318 cm³/mol. The number of hydrogen-bond donors (Lipinski definition) is 28. The first-order chi connectivity index (χ1) is 45.8. The second kappa shape index (κ2) is 41.2. The SMILES string of the molecule is NC(=O)CC[C@H](N)C(=O)O.NC(=O)C[C@H](N)C(=O)O.N[C@@H](CC(=O)O)C(=O)O.N[C@@H](CCC(=O)O)C(=O)O.Nc1ncnc2c1ncn2[C@@H]1O[C@H](COP(=O)(O)O)[C@@H](O)[C@H]1O.Nc1ncnc2c1ncn2[C@@H]1O[C@H](COP(=O)(O)OP(=O)(O)OP(=O)(O)O)[C@@H](O)[C@H]1O.O=P(O)(O)OP(=O)(O)O. The van der Waals surface area contributed by atoms with Gasteiger partial charge in [-0.2, -0.15) is 12.9 Å². The minimum Gasteiger partial charge on any atom is -0.481 e. The second-order valence-electron chi connectivity index (χ2n) is 19.0. The number of fused-ring (bicyclic) bond motifs is 2. The molecular weight excluding hydrogens is 1520 g/mol. The number of aromatic nitrogens is 8. The average Bonchev–Trinajstić information content (AvgIpc) is 1.63. The van der Waals surface area contributed by atoms with Crippen molar-refractivity contribution in [3.8, 4) is 0 Å². The normalized spacial score (nSPS) is 21.2. The van der Waals surface area contributed by atoms with Crippen molar-refractivity contribution in [2.24, 2.45) is 34.4 Å². The highest BCUT2D eigenvalue weighted by atomic mass is 31.3. The van der Waals surface area contributed by atoms with Gasteiger partial charge in [-0.05, 0) is 12.8 Å². The summed E-state index contributed by atoms with van der Waals surface area (Å²) in [7, 11) is -31.5. The van der Waals surface area contributed by atoms with Crippen LogP contribution in [0.2, 0.25) is 0 Å². The standard InChI is InChI=1S/C10H16N5O13P3.C10H14N5O7P.C5H10N2O3.C5H9NO4.C4H8N2O3.C4H7NO4.H4O7P2/c11-8-5-9(13-2-12-8)15(3-14-5)10-7(17)6(16)4(26-10)1-25-30(21,22)28-31(23,24)27-29(18,19)20;11-8-5-9(13-2-12-8)15(3-14-5)10-7(17)6(16)4(22-10)1-21-23(18,19)20;2*6-3(5(9)10)1-2-4(7)8;2*5-2(4(8)9)1-3(6)7;1-8(2,3)7-9(4,5)6/h2-4,6-7,10,16-17H,1H2,(H,21,22)(H,23,24)(H2,11,12,13)(H2,18,19,20);2-4,6-7,10,16-17H,1H2,(H2,11,12,13)(H2,18,19,20);3H,1-2,6H2,(H2,7,8)(H,9,10);3H,1-2,6H2,(H,7,8)(H,9,10);2H,1,5H2,(H2,6,7)(H,8,9);2H,1,5H2,(H,6,7)(H,8,9);(H2,1,2,3)(H2,4,5,6)/t2*4-,6-,7-,10-;2*3-;2*2-;/m110000./s1. The second-order valence-corrected chi connectivity index (χ2v) is 27.3. The number of nitrogens with two attached hydrogens (primary N) is 8. The zero-order valence-electron chi connectivity index (χ0n) is 50.3. The zero-order chi connectivity index (χ0) is 78.8. The molecule has 0 aromatic carbocycles. The quantitative estimate of drug-likeness (QED) is 0.0235. The number of phosphoric acid groups is 6. The van der Waals surface area contributed by atoms with Crippen molar-refractivity contribution >= 4 is 129 Å². The van der Waals surface area contributed by atoms with E-state index in [-0.39, 0.29) is 60.6 Å². The lowest BCUT2D eigenvalue weighted by Crippen LogP contribution is -2.34. The van der Waals surface area contributed by atoms with Gasteiger partial charge in [0.25, 0.3) is 0 Å². The van der Waals surface area contributed by atoms with Gasteiger partial charge in [0.15, 0.2) is 35.4 Å². The summed E-state index contributed by atoms with van der Waals surface area (Å²) in [6.07, 6.45) is -7.12. The van der Waals surface area contributed by atoms with Crippen LogP contribution < -0.4 is 45.9 Å². The fraction of sp³-hybridized carbons (Fsp3) is 0.526. The average molecular weight is 1590 g/mol. The Morgan fingerprint density at radius 2 is 0.802 bits per heavy atom. The first-order valence-electron chi connectivity index (χ1n) is 26.0. The summed E-state index contributed by atoms with van der Waals surface area (Å²) >= 11 is 0. The Labute approximate surface area is 559 Å². The molecule has 4 aromatic rings. The number of imidazole rings is 2. The molecule has 6 heterocycles. The number of carboxylic acid groups (broad SMARTS) is 6. The smallest absolute Gasteiger partial charge is 0.481 e. The molecule has 6 rings (SSSR count). The highest BCUT2D eigenvalue weighted by molar-refractivity contribution is 7.66. The third kappa shape index (κ3) is 37.5. The summed E-state index contributed by atoms with van der Waals surface area (Å²) in [5, 5.41) is 89.1. The van der Waals surface area contributed by atoms with E-state index in [1.165, 1.54) is 28.1 Å². The molecule has 0 spiro atoms.